The molecule has 0 amide bonds. The highest BCUT2D eigenvalue weighted by atomic mass is 79.9. The van der Waals surface area contributed by atoms with Gasteiger partial charge in [-0.15, -0.1) is 0 Å². The molecule has 16 heavy (non-hydrogen) atoms. The number of aliphatic hydroxyl groups excluding tert-OH is 1. The first kappa shape index (κ1) is 13.8. The van der Waals surface area contributed by atoms with Crippen molar-refractivity contribution in [3.05, 3.63) is 27.2 Å². The molecule has 0 aromatic heterocycles. The van der Waals surface area contributed by atoms with Crippen LogP contribution in [0.3, 0.4) is 0 Å². The summed E-state index contributed by atoms with van der Waals surface area (Å²) in [6.07, 6.45) is 0. The maximum Gasteiger partial charge on any atom is 0.0499 e. The van der Waals surface area contributed by atoms with Crippen LogP contribution in [0.5, 0.6) is 0 Å². The molecule has 0 radical (unpaired) electrons. The van der Waals surface area contributed by atoms with Gasteiger partial charge in [0, 0.05) is 33.7 Å². The van der Waals surface area contributed by atoms with Crippen LogP contribution in [0.1, 0.15) is 19.4 Å². The van der Waals surface area contributed by atoms with Gasteiger partial charge in [-0.1, -0.05) is 25.4 Å². The molecule has 0 unspecified atom stereocenters. The highest BCUT2D eigenvalue weighted by molar-refractivity contribution is 9.10. The van der Waals surface area contributed by atoms with Gasteiger partial charge in [0.1, 0.15) is 0 Å². The van der Waals surface area contributed by atoms with Gasteiger partial charge < -0.3 is 10.4 Å². The Labute approximate surface area is 110 Å². The summed E-state index contributed by atoms with van der Waals surface area (Å²) in [5.41, 5.74) is 1.86. The van der Waals surface area contributed by atoms with Crippen molar-refractivity contribution in [2.75, 3.05) is 18.5 Å². The molecule has 0 heterocycles. The molecule has 0 aliphatic heterocycles. The topological polar surface area (TPSA) is 32.3 Å². The van der Waals surface area contributed by atoms with Gasteiger partial charge in [-0.05, 0) is 40.5 Å². The van der Waals surface area contributed by atoms with Gasteiger partial charge in [0.25, 0.3) is 0 Å². The summed E-state index contributed by atoms with van der Waals surface area (Å²) in [5, 5.41) is 13.2. The normalized spacial score (nSPS) is 11.6. The Morgan fingerprint density at radius 1 is 1.44 bits per heavy atom. The molecule has 1 rings (SSSR count). The molecule has 0 atom stereocenters. The van der Waals surface area contributed by atoms with Crippen LogP contribution in [0.25, 0.3) is 0 Å². The lowest BCUT2D eigenvalue weighted by Gasteiger charge is -2.23. The predicted molar refractivity (Wildman–Crippen MR) is 73.2 cm³/mol. The highest BCUT2D eigenvalue weighted by Gasteiger charge is 2.16. The van der Waals surface area contributed by atoms with Gasteiger partial charge in [-0.2, -0.15) is 0 Å². The minimum atomic E-state index is -0.142. The Balaban J connectivity index is 2.79. The van der Waals surface area contributed by atoms with Crippen LogP contribution >= 0.6 is 27.5 Å². The fraction of sp³-hybridized carbons (Fsp3) is 0.500. The molecule has 0 saturated heterocycles. The van der Waals surface area contributed by atoms with E-state index in [1.165, 1.54) is 0 Å². The van der Waals surface area contributed by atoms with Gasteiger partial charge in [0.05, 0.1) is 0 Å². The van der Waals surface area contributed by atoms with Crippen molar-refractivity contribution in [3.8, 4) is 0 Å². The lowest BCUT2D eigenvalue weighted by atomic mass is 9.95. The van der Waals surface area contributed by atoms with Crippen LogP contribution in [0.2, 0.25) is 5.02 Å². The number of halogens is 2. The lowest BCUT2D eigenvalue weighted by Crippen LogP contribution is -2.26. The number of aliphatic hydroxyl groups is 1. The van der Waals surface area contributed by atoms with Crippen LogP contribution < -0.4 is 5.32 Å². The van der Waals surface area contributed by atoms with Crippen molar-refractivity contribution in [2.24, 2.45) is 5.41 Å². The van der Waals surface area contributed by atoms with Gasteiger partial charge in [-0.3, -0.25) is 0 Å². The number of rotatable bonds is 4. The van der Waals surface area contributed by atoms with Crippen molar-refractivity contribution in [1.29, 1.82) is 0 Å². The summed E-state index contributed by atoms with van der Waals surface area (Å²) in [5.74, 6) is 0. The van der Waals surface area contributed by atoms with E-state index in [-0.39, 0.29) is 12.0 Å². The quantitative estimate of drug-likeness (QED) is 0.886. The average Bonchev–Trinajstić information content (AvgIpc) is 2.22. The summed E-state index contributed by atoms with van der Waals surface area (Å²) in [6, 6.07) is 3.88. The molecule has 0 aliphatic rings. The van der Waals surface area contributed by atoms with Crippen molar-refractivity contribution < 1.29 is 5.11 Å². The summed E-state index contributed by atoms with van der Waals surface area (Å²) in [7, 11) is 0. The first-order valence-electron chi connectivity index (χ1n) is 5.16. The van der Waals surface area contributed by atoms with E-state index < -0.39 is 0 Å². The molecule has 1 aromatic rings. The molecule has 90 valence electrons. The maximum atomic E-state index is 9.16. The molecule has 0 spiro atoms. The zero-order valence-corrected chi connectivity index (χ0v) is 12.1. The van der Waals surface area contributed by atoms with E-state index >= 15 is 0 Å². The lowest BCUT2D eigenvalue weighted by molar-refractivity contribution is 0.171. The number of aryl methyl sites for hydroxylation is 1. The van der Waals surface area contributed by atoms with Crippen LogP contribution in [0, 0.1) is 12.3 Å². The average molecular weight is 307 g/mol. The molecule has 0 fully saturated rings. The van der Waals surface area contributed by atoms with Gasteiger partial charge in [-0.25, -0.2) is 0 Å². The summed E-state index contributed by atoms with van der Waals surface area (Å²) in [6.45, 7) is 6.82. The van der Waals surface area contributed by atoms with Crippen LogP contribution in [-0.4, -0.2) is 18.3 Å². The highest BCUT2D eigenvalue weighted by Crippen LogP contribution is 2.30. The summed E-state index contributed by atoms with van der Waals surface area (Å²) in [4.78, 5) is 0. The molecular formula is C12H17BrClNO. The molecule has 1 aromatic carbocycles. The summed E-state index contributed by atoms with van der Waals surface area (Å²) >= 11 is 9.55. The van der Waals surface area contributed by atoms with E-state index in [0.717, 1.165) is 20.7 Å². The number of hydrogen-bond donors (Lipinski definition) is 2. The van der Waals surface area contributed by atoms with Crippen LogP contribution in [0.4, 0.5) is 5.69 Å². The van der Waals surface area contributed by atoms with Crippen LogP contribution in [-0.2, 0) is 0 Å². The Bertz CT molecular complexity index is 380. The van der Waals surface area contributed by atoms with E-state index in [1.807, 2.05) is 32.9 Å². The van der Waals surface area contributed by atoms with E-state index in [1.54, 1.807) is 0 Å². The minimum Gasteiger partial charge on any atom is -0.396 e. The third kappa shape index (κ3) is 3.65. The van der Waals surface area contributed by atoms with E-state index in [4.69, 9.17) is 16.7 Å². The van der Waals surface area contributed by atoms with E-state index in [2.05, 4.69) is 21.2 Å². The molecular weight excluding hydrogens is 289 g/mol. The number of hydrogen-bond acceptors (Lipinski definition) is 2. The fourth-order valence-corrected chi connectivity index (χ4v) is 1.93. The molecule has 0 saturated carbocycles. The van der Waals surface area contributed by atoms with Gasteiger partial charge in [0.15, 0.2) is 0 Å². The number of benzene rings is 1. The van der Waals surface area contributed by atoms with Crippen molar-refractivity contribution >= 4 is 33.2 Å². The van der Waals surface area contributed by atoms with Crippen molar-refractivity contribution in [2.45, 2.75) is 20.8 Å². The Hall–Kier alpha value is -0.250. The van der Waals surface area contributed by atoms with Gasteiger partial charge in [0.2, 0.25) is 0 Å². The minimum absolute atomic E-state index is 0.142. The monoisotopic (exact) mass is 305 g/mol. The zero-order valence-electron chi connectivity index (χ0n) is 9.77. The van der Waals surface area contributed by atoms with E-state index in [0.29, 0.717) is 6.54 Å². The largest absolute Gasteiger partial charge is 0.396 e. The fourth-order valence-electron chi connectivity index (χ4n) is 1.17. The second kappa shape index (κ2) is 5.39. The second-order valence-corrected chi connectivity index (χ2v) is 6.02. The molecule has 0 aliphatic carbocycles. The molecule has 2 nitrogen and oxygen atoms in total. The molecule has 0 bridgehead atoms. The molecule has 2 N–H and O–H groups in total. The van der Waals surface area contributed by atoms with Crippen molar-refractivity contribution in [1.82, 2.24) is 0 Å². The third-order valence-electron chi connectivity index (χ3n) is 2.43. The SMILES string of the molecule is Cc1cc(Br)c(NCC(C)(C)CO)cc1Cl. The number of nitrogens with one attached hydrogen (secondary N) is 1. The Kier molecular flexibility index (Phi) is 4.65. The van der Waals surface area contributed by atoms with Crippen molar-refractivity contribution in [3.63, 3.8) is 0 Å². The molecule has 4 heteroatoms. The number of anilines is 1. The standard InChI is InChI=1S/C12H17BrClNO/c1-8-4-9(13)11(5-10(8)14)15-6-12(2,3)7-16/h4-5,15-16H,6-7H2,1-3H3. The maximum absolute atomic E-state index is 9.16. The van der Waals surface area contributed by atoms with Gasteiger partial charge >= 0.3 is 0 Å². The Morgan fingerprint density at radius 3 is 2.62 bits per heavy atom. The third-order valence-corrected chi connectivity index (χ3v) is 3.50. The second-order valence-electron chi connectivity index (χ2n) is 4.76. The zero-order chi connectivity index (χ0) is 12.3. The predicted octanol–water partition coefficient (Wildman–Crippen LogP) is 3.84. The van der Waals surface area contributed by atoms with Crippen LogP contribution in [0.15, 0.2) is 16.6 Å². The first-order chi connectivity index (χ1) is 7.35. The smallest absolute Gasteiger partial charge is 0.0499 e. The summed E-state index contributed by atoms with van der Waals surface area (Å²) < 4.78 is 0.989. The van der Waals surface area contributed by atoms with E-state index in [9.17, 15) is 0 Å². The first-order valence-corrected chi connectivity index (χ1v) is 6.33. The Morgan fingerprint density at radius 2 is 2.06 bits per heavy atom.